The number of carbonyl (C=O) groups excluding carboxylic acids is 1. The average Bonchev–Trinajstić information content (AvgIpc) is 3.32. The SMILES string of the molecule is O=C(CCc1ncc(-c2ccccc2)o1)N1CCCC2=C[C@@H]3C[C@@H](CN4CCCC[C@H]34)[C@@H]21. The smallest absolute Gasteiger partial charge is 0.223 e. The lowest BCUT2D eigenvalue weighted by molar-refractivity contribution is -0.136. The standard InChI is InChI=1S/C27H33N3O2/c31-26(12-11-25-28-17-24(32-25)19-7-2-1-3-8-19)30-14-6-9-20-15-21-16-22(27(20)30)18-29-13-5-4-10-23(21)29/h1-3,7-8,15,17,21-23,27H,4-6,9-14,16,18H2/t21-,22+,23-,27-/m1/s1. The van der Waals surface area contributed by atoms with Crippen LogP contribution in [0.4, 0.5) is 0 Å². The van der Waals surface area contributed by atoms with E-state index in [1.807, 2.05) is 30.3 Å². The molecule has 4 heterocycles. The molecule has 2 aromatic rings. The quantitative estimate of drug-likeness (QED) is 0.659. The second-order valence-electron chi connectivity index (χ2n) is 10.1. The molecular formula is C27H33N3O2. The minimum atomic E-state index is 0.263. The summed E-state index contributed by atoms with van der Waals surface area (Å²) in [7, 11) is 0. The van der Waals surface area contributed by atoms with Crippen molar-refractivity contribution >= 4 is 5.91 Å². The van der Waals surface area contributed by atoms with Gasteiger partial charge in [0.25, 0.3) is 0 Å². The number of amides is 1. The monoisotopic (exact) mass is 431 g/mol. The van der Waals surface area contributed by atoms with Crippen LogP contribution in [0.5, 0.6) is 0 Å². The third-order valence-corrected chi connectivity index (χ3v) is 8.14. The Morgan fingerprint density at radius 3 is 2.94 bits per heavy atom. The molecule has 0 N–H and O–H groups in total. The van der Waals surface area contributed by atoms with E-state index in [9.17, 15) is 4.79 Å². The summed E-state index contributed by atoms with van der Waals surface area (Å²) in [5, 5.41) is 0. The van der Waals surface area contributed by atoms with E-state index in [0.717, 1.165) is 30.3 Å². The average molecular weight is 432 g/mol. The highest BCUT2D eigenvalue weighted by Gasteiger charge is 2.46. The Morgan fingerprint density at radius 2 is 2.03 bits per heavy atom. The molecule has 1 aromatic heterocycles. The molecular weight excluding hydrogens is 398 g/mol. The molecule has 3 fully saturated rings. The molecule has 1 aliphatic carbocycles. The predicted octanol–water partition coefficient (Wildman–Crippen LogP) is 4.70. The van der Waals surface area contributed by atoms with Crippen molar-refractivity contribution in [3.05, 3.63) is 54.1 Å². The number of hydrogen-bond donors (Lipinski definition) is 0. The fourth-order valence-corrected chi connectivity index (χ4v) is 6.77. The summed E-state index contributed by atoms with van der Waals surface area (Å²) in [5.74, 6) is 3.00. The molecule has 0 radical (unpaired) electrons. The first-order chi connectivity index (χ1) is 15.8. The highest BCUT2D eigenvalue weighted by molar-refractivity contribution is 5.77. The van der Waals surface area contributed by atoms with Gasteiger partial charge in [-0.3, -0.25) is 9.69 Å². The maximum atomic E-state index is 13.4. The summed E-state index contributed by atoms with van der Waals surface area (Å²) in [6.07, 6.45) is 13.0. The molecule has 6 rings (SSSR count). The summed E-state index contributed by atoms with van der Waals surface area (Å²) in [6.45, 7) is 3.31. The zero-order chi connectivity index (χ0) is 21.5. The predicted molar refractivity (Wildman–Crippen MR) is 124 cm³/mol. The van der Waals surface area contributed by atoms with Crippen LogP contribution < -0.4 is 0 Å². The number of rotatable bonds is 4. The molecule has 4 aliphatic rings. The zero-order valence-electron chi connectivity index (χ0n) is 18.8. The van der Waals surface area contributed by atoms with Crippen molar-refractivity contribution in [2.75, 3.05) is 19.6 Å². The molecule has 3 saturated heterocycles. The Bertz CT molecular complexity index is 997. The van der Waals surface area contributed by atoms with Gasteiger partial charge in [0.15, 0.2) is 11.7 Å². The van der Waals surface area contributed by atoms with Crippen molar-refractivity contribution < 1.29 is 9.21 Å². The minimum Gasteiger partial charge on any atom is -0.441 e. The summed E-state index contributed by atoms with van der Waals surface area (Å²) < 4.78 is 5.94. The first-order valence-corrected chi connectivity index (χ1v) is 12.5. The number of nitrogens with zero attached hydrogens (tertiary/aromatic N) is 3. The number of piperidine rings is 3. The third-order valence-electron chi connectivity index (χ3n) is 8.14. The number of aromatic nitrogens is 1. The molecule has 0 spiro atoms. The fraction of sp³-hybridized carbons (Fsp3) is 0.556. The van der Waals surface area contributed by atoms with Crippen LogP contribution in [-0.2, 0) is 11.2 Å². The third kappa shape index (κ3) is 3.71. The molecule has 32 heavy (non-hydrogen) atoms. The van der Waals surface area contributed by atoms with Gasteiger partial charge in [-0.25, -0.2) is 4.98 Å². The lowest BCUT2D eigenvalue weighted by Gasteiger charge is -2.54. The number of oxazole rings is 1. The maximum absolute atomic E-state index is 13.4. The van der Waals surface area contributed by atoms with Gasteiger partial charge in [0.05, 0.1) is 12.2 Å². The second-order valence-corrected chi connectivity index (χ2v) is 10.1. The van der Waals surface area contributed by atoms with Gasteiger partial charge in [-0.05, 0) is 50.5 Å². The van der Waals surface area contributed by atoms with E-state index >= 15 is 0 Å². The number of hydrogen-bond acceptors (Lipinski definition) is 4. The van der Waals surface area contributed by atoms with E-state index in [0.29, 0.717) is 36.6 Å². The van der Waals surface area contributed by atoms with Gasteiger partial charge in [-0.1, -0.05) is 48.4 Å². The van der Waals surface area contributed by atoms with E-state index < -0.39 is 0 Å². The van der Waals surface area contributed by atoms with Gasteiger partial charge >= 0.3 is 0 Å². The van der Waals surface area contributed by atoms with Gasteiger partial charge in [-0.2, -0.15) is 0 Å². The largest absolute Gasteiger partial charge is 0.441 e. The van der Waals surface area contributed by atoms with Crippen LogP contribution in [0.3, 0.4) is 0 Å². The number of likely N-dealkylation sites (tertiary alicyclic amines) is 1. The van der Waals surface area contributed by atoms with Crippen LogP contribution in [0, 0.1) is 11.8 Å². The molecule has 168 valence electrons. The van der Waals surface area contributed by atoms with Crippen molar-refractivity contribution in [2.45, 2.75) is 63.5 Å². The Balaban J connectivity index is 1.15. The zero-order valence-corrected chi connectivity index (χ0v) is 18.8. The van der Waals surface area contributed by atoms with Gasteiger partial charge in [0.2, 0.25) is 5.91 Å². The van der Waals surface area contributed by atoms with E-state index in [2.05, 4.69) is 20.9 Å². The normalized spacial score (nSPS) is 29.8. The van der Waals surface area contributed by atoms with Crippen molar-refractivity contribution in [3.63, 3.8) is 0 Å². The highest BCUT2D eigenvalue weighted by atomic mass is 16.4. The lowest BCUT2D eigenvalue weighted by atomic mass is 9.68. The highest BCUT2D eigenvalue weighted by Crippen LogP contribution is 2.45. The van der Waals surface area contributed by atoms with E-state index in [4.69, 9.17) is 4.42 Å². The maximum Gasteiger partial charge on any atom is 0.223 e. The van der Waals surface area contributed by atoms with E-state index in [-0.39, 0.29) is 5.91 Å². The van der Waals surface area contributed by atoms with E-state index in [1.54, 1.807) is 11.8 Å². The number of benzene rings is 1. The van der Waals surface area contributed by atoms with Crippen LogP contribution in [0.25, 0.3) is 11.3 Å². The number of fused-ring (bicyclic) bond motifs is 6. The molecule has 4 atom stereocenters. The van der Waals surface area contributed by atoms with Crippen molar-refractivity contribution in [3.8, 4) is 11.3 Å². The molecule has 1 aromatic carbocycles. The van der Waals surface area contributed by atoms with Gasteiger partial charge in [0, 0.05) is 37.5 Å². The number of aryl methyl sites for hydroxylation is 1. The van der Waals surface area contributed by atoms with Gasteiger partial charge in [-0.15, -0.1) is 0 Å². The summed E-state index contributed by atoms with van der Waals surface area (Å²) in [5.41, 5.74) is 2.58. The van der Waals surface area contributed by atoms with Crippen molar-refractivity contribution in [2.24, 2.45) is 11.8 Å². The lowest BCUT2D eigenvalue weighted by Crippen LogP contribution is -2.60. The Hall–Kier alpha value is -2.40. The minimum absolute atomic E-state index is 0.263. The molecule has 3 aliphatic heterocycles. The first kappa shape index (κ1) is 20.2. The molecule has 0 saturated carbocycles. The Morgan fingerprint density at radius 1 is 1.12 bits per heavy atom. The summed E-state index contributed by atoms with van der Waals surface area (Å²) >= 11 is 0. The van der Waals surface area contributed by atoms with Crippen molar-refractivity contribution in [1.29, 1.82) is 0 Å². The van der Waals surface area contributed by atoms with Crippen LogP contribution >= 0.6 is 0 Å². The molecule has 5 nitrogen and oxygen atoms in total. The van der Waals surface area contributed by atoms with Gasteiger partial charge < -0.3 is 9.32 Å². The molecule has 1 amide bonds. The fourth-order valence-electron chi connectivity index (χ4n) is 6.77. The van der Waals surface area contributed by atoms with Crippen molar-refractivity contribution in [1.82, 2.24) is 14.8 Å². The van der Waals surface area contributed by atoms with Crippen LogP contribution in [-0.4, -0.2) is 52.4 Å². The van der Waals surface area contributed by atoms with Crippen LogP contribution in [0.15, 0.2) is 52.6 Å². The molecule has 0 unspecified atom stereocenters. The summed E-state index contributed by atoms with van der Waals surface area (Å²) in [4.78, 5) is 22.7. The summed E-state index contributed by atoms with van der Waals surface area (Å²) in [6, 6.07) is 11.1. The first-order valence-electron chi connectivity index (χ1n) is 12.5. The molecule has 5 heteroatoms. The Labute approximate surface area is 190 Å². The van der Waals surface area contributed by atoms with Crippen LogP contribution in [0.1, 0.15) is 50.8 Å². The molecule has 2 bridgehead atoms. The van der Waals surface area contributed by atoms with Crippen LogP contribution in [0.2, 0.25) is 0 Å². The Kier molecular flexibility index (Phi) is 5.38. The van der Waals surface area contributed by atoms with E-state index in [1.165, 1.54) is 45.2 Å². The van der Waals surface area contributed by atoms with Gasteiger partial charge in [0.1, 0.15) is 0 Å². The second kappa shape index (κ2) is 8.51. The number of carbonyl (C=O) groups is 1. The topological polar surface area (TPSA) is 49.6 Å².